The molecule has 1 amide bonds. The first kappa shape index (κ1) is 12.4. The van der Waals surface area contributed by atoms with Crippen LogP contribution < -0.4 is 5.32 Å². The molecule has 7 heteroatoms. The topological polar surface area (TPSA) is 113 Å². The van der Waals surface area contributed by atoms with Crippen molar-refractivity contribution in [2.75, 3.05) is 13.7 Å². The van der Waals surface area contributed by atoms with Gasteiger partial charge in [0.25, 0.3) is 0 Å². The minimum atomic E-state index is -1.42. The van der Waals surface area contributed by atoms with Crippen LogP contribution >= 0.6 is 0 Å². The largest absolute Gasteiger partial charge is 0.481 e. The van der Waals surface area contributed by atoms with Gasteiger partial charge in [0.15, 0.2) is 0 Å². The van der Waals surface area contributed by atoms with Crippen molar-refractivity contribution >= 4 is 17.8 Å². The lowest BCUT2D eigenvalue weighted by molar-refractivity contribution is -0.147. The van der Waals surface area contributed by atoms with Crippen LogP contribution in [0.2, 0.25) is 0 Å². The maximum Gasteiger partial charge on any atom is 0.326 e. The molecule has 14 heavy (non-hydrogen) atoms. The normalized spacial score (nSPS) is 11.8. The maximum absolute atomic E-state index is 10.8. The molecule has 80 valence electrons. The molecule has 0 saturated heterocycles. The molecule has 0 aromatic rings. The fraction of sp³-hybridized carbons (Fsp3) is 0.571. The summed E-state index contributed by atoms with van der Waals surface area (Å²) in [6.45, 7) is -0.302. The van der Waals surface area contributed by atoms with E-state index in [1.54, 1.807) is 0 Å². The Morgan fingerprint density at radius 2 is 1.93 bits per heavy atom. The third-order valence-electron chi connectivity index (χ3n) is 1.29. The van der Waals surface area contributed by atoms with Gasteiger partial charge >= 0.3 is 11.9 Å². The Labute approximate surface area is 79.7 Å². The summed E-state index contributed by atoms with van der Waals surface area (Å²) in [6.07, 6.45) is -0.662. The van der Waals surface area contributed by atoms with Gasteiger partial charge in [-0.05, 0) is 0 Å². The van der Waals surface area contributed by atoms with Crippen LogP contribution in [0.25, 0.3) is 0 Å². The van der Waals surface area contributed by atoms with Crippen molar-refractivity contribution in [1.82, 2.24) is 5.32 Å². The van der Waals surface area contributed by atoms with Gasteiger partial charge in [0.2, 0.25) is 5.91 Å². The van der Waals surface area contributed by atoms with Crippen molar-refractivity contribution in [3.63, 3.8) is 0 Å². The summed E-state index contributed by atoms with van der Waals surface area (Å²) >= 11 is 0. The number of carboxylic acid groups (broad SMARTS) is 2. The highest BCUT2D eigenvalue weighted by Crippen LogP contribution is 1.92. The summed E-state index contributed by atoms with van der Waals surface area (Å²) in [5.41, 5.74) is 0. The van der Waals surface area contributed by atoms with E-state index in [4.69, 9.17) is 10.2 Å². The molecule has 1 atom stereocenters. The molecular weight excluding hydrogens is 194 g/mol. The van der Waals surface area contributed by atoms with Crippen LogP contribution in [-0.4, -0.2) is 47.8 Å². The predicted octanol–water partition coefficient (Wildman–Crippen LogP) is -1.32. The van der Waals surface area contributed by atoms with Gasteiger partial charge in [-0.15, -0.1) is 0 Å². The first-order valence-corrected chi connectivity index (χ1v) is 3.70. The lowest BCUT2D eigenvalue weighted by atomic mass is 10.2. The van der Waals surface area contributed by atoms with Crippen LogP contribution in [0.15, 0.2) is 0 Å². The summed E-state index contributed by atoms with van der Waals surface area (Å²) in [5.74, 6) is -3.35. The molecule has 7 nitrogen and oxygen atoms in total. The van der Waals surface area contributed by atoms with E-state index in [-0.39, 0.29) is 6.61 Å². The lowest BCUT2D eigenvalue weighted by Crippen LogP contribution is -2.43. The average Bonchev–Trinajstić information content (AvgIpc) is 2.02. The molecule has 0 unspecified atom stereocenters. The lowest BCUT2D eigenvalue weighted by Gasteiger charge is -2.11. The van der Waals surface area contributed by atoms with Gasteiger partial charge in [0, 0.05) is 7.11 Å². The number of hydrogen-bond donors (Lipinski definition) is 3. The number of amides is 1. The molecule has 0 saturated carbocycles. The Morgan fingerprint density at radius 3 is 2.29 bits per heavy atom. The molecule has 0 bridgehead atoms. The maximum atomic E-state index is 10.8. The number of rotatable bonds is 6. The summed E-state index contributed by atoms with van der Waals surface area (Å²) in [5, 5.41) is 18.9. The molecule has 0 aliphatic heterocycles. The van der Waals surface area contributed by atoms with Crippen molar-refractivity contribution in [3.8, 4) is 0 Å². The van der Waals surface area contributed by atoms with Crippen molar-refractivity contribution in [2.45, 2.75) is 12.5 Å². The highest BCUT2D eigenvalue weighted by molar-refractivity contribution is 5.87. The highest BCUT2D eigenvalue weighted by Gasteiger charge is 2.22. The zero-order valence-electron chi connectivity index (χ0n) is 7.52. The minimum Gasteiger partial charge on any atom is -0.481 e. The van der Waals surface area contributed by atoms with Gasteiger partial charge in [-0.2, -0.15) is 0 Å². The number of ether oxygens (including phenoxy) is 1. The van der Waals surface area contributed by atoms with Crippen molar-refractivity contribution in [1.29, 1.82) is 0 Å². The molecule has 3 N–H and O–H groups in total. The fourth-order valence-electron chi connectivity index (χ4n) is 0.742. The van der Waals surface area contributed by atoms with Gasteiger partial charge in [-0.3, -0.25) is 9.59 Å². The Balaban J connectivity index is 4.16. The third kappa shape index (κ3) is 5.09. The summed E-state index contributed by atoms with van der Waals surface area (Å²) in [7, 11) is 1.27. The number of methoxy groups -OCH3 is 1. The van der Waals surface area contributed by atoms with Crippen LogP contribution in [0.5, 0.6) is 0 Å². The van der Waals surface area contributed by atoms with Crippen LogP contribution in [-0.2, 0) is 19.1 Å². The van der Waals surface area contributed by atoms with Crippen LogP contribution in [0, 0.1) is 0 Å². The molecule has 0 aromatic heterocycles. The second-order valence-electron chi connectivity index (χ2n) is 2.49. The van der Waals surface area contributed by atoms with E-state index in [1.807, 2.05) is 5.32 Å². The van der Waals surface area contributed by atoms with Gasteiger partial charge in [0.1, 0.15) is 12.6 Å². The molecule has 0 heterocycles. The fourth-order valence-corrected chi connectivity index (χ4v) is 0.742. The molecule has 0 aliphatic rings. The van der Waals surface area contributed by atoms with Gasteiger partial charge in [-0.1, -0.05) is 0 Å². The van der Waals surface area contributed by atoms with Crippen molar-refractivity contribution < 1.29 is 29.3 Å². The standard InChI is InChI=1S/C7H11NO6/c1-14-3-5(9)8-4(7(12)13)2-6(10)11/h4H,2-3H2,1H3,(H,8,9)(H,10,11)(H,12,13)/t4-/m1/s1. The van der Waals surface area contributed by atoms with Crippen LogP contribution in [0.1, 0.15) is 6.42 Å². The number of carbonyl (C=O) groups is 3. The molecule has 0 rings (SSSR count). The molecule has 0 radical (unpaired) electrons. The first-order chi connectivity index (χ1) is 6.47. The van der Waals surface area contributed by atoms with Crippen molar-refractivity contribution in [2.24, 2.45) is 0 Å². The second-order valence-corrected chi connectivity index (χ2v) is 2.49. The van der Waals surface area contributed by atoms with Crippen LogP contribution in [0.3, 0.4) is 0 Å². The summed E-state index contributed by atoms with van der Waals surface area (Å²) in [4.78, 5) is 31.5. The Kier molecular flexibility index (Phi) is 5.23. The van der Waals surface area contributed by atoms with E-state index < -0.39 is 30.3 Å². The van der Waals surface area contributed by atoms with E-state index in [1.165, 1.54) is 7.11 Å². The SMILES string of the molecule is COCC(=O)N[C@H](CC(=O)O)C(=O)O. The molecule has 0 spiro atoms. The van der Waals surface area contributed by atoms with E-state index >= 15 is 0 Å². The zero-order valence-corrected chi connectivity index (χ0v) is 7.52. The summed E-state index contributed by atoms with van der Waals surface area (Å²) in [6, 6.07) is -1.42. The predicted molar refractivity (Wildman–Crippen MR) is 43.7 cm³/mol. The Morgan fingerprint density at radius 1 is 1.36 bits per heavy atom. The zero-order chi connectivity index (χ0) is 11.1. The monoisotopic (exact) mass is 205 g/mol. The molecule has 0 fully saturated rings. The van der Waals surface area contributed by atoms with E-state index in [2.05, 4.69) is 4.74 Å². The average molecular weight is 205 g/mol. The van der Waals surface area contributed by atoms with E-state index in [0.29, 0.717) is 0 Å². The highest BCUT2D eigenvalue weighted by atomic mass is 16.5. The Bertz CT molecular complexity index is 238. The smallest absolute Gasteiger partial charge is 0.326 e. The van der Waals surface area contributed by atoms with E-state index in [9.17, 15) is 14.4 Å². The quantitative estimate of drug-likeness (QED) is 0.495. The van der Waals surface area contributed by atoms with Crippen molar-refractivity contribution in [3.05, 3.63) is 0 Å². The number of carbonyl (C=O) groups excluding carboxylic acids is 1. The first-order valence-electron chi connectivity index (χ1n) is 3.70. The number of hydrogen-bond acceptors (Lipinski definition) is 4. The minimum absolute atomic E-state index is 0.302. The number of aliphatic carboxylic acids is 2. The van der Waals surface area contributed by atoms with Crippen LogP contribution in [0.4, 0.5) is 0 Å². The van der Waals surface area contributed by atoms with Gasteiger partial charge < -0.3 is 20.3 Å². The third-order valence-corrected chi connectivity index (χ3v) is 1.29. The number of nitrogens with one attached hydrogen (secondary N) is 1. The number of carboxylic acids is 2. The Hall–Kier alpha value is -1.63. The van der Waals surface area contributed by atoms with E-state index in [0.717, 1.165) is 0 Å². The molecule has 0 aromatic carbocycles. The van der Waals surface area contributed by atoms with Gasteiger partial charge in [-0.25, -0.2) is 4.79 Å². The van der Waals surface area contributed by atoms with Gasteiger partial charge in [0.05, 0.1) is 6.42 Å². The second kappa shape index (κ2) is 5.92. The molecule has 0 aliphatic carbocycles. The molecular formula is C7H11NO6. The summed E-state index contributed by atoms with van der Waals surface area (Å²) < 4.78 is 4.44.